The molecule has 3 aromatic rings. The highest BCUT2D eigenvalue weighted by molar-refractivity contribution is 5.71. The normalized spacial score (nSPS) is 10.8. The number of hydrogen-bond donors (Lipinski definition) is 1. The molecule has 0 aliphatic rings. The molecule has 0 aliphatic carbocycles. The Morgan fingerprint density at radius 3 is 2.89 bits per heavy atom. The number of imidazole rings is 1. The lowest BCUT2D eigenvalue weighted by Crippen LogP contribution is -1.92. The second kappa shape index (κ2) is 4.20. The van der Waals surface area contributed by atoms with Gasteiger partial charge in [0.05, 0.1) is 18.1 Å². The first-order chi connectivity index (χ1) is 9.15. The van der Waals surface area contributed by atoms with Gasteiger partial charge in [-0.2, -0.15) is 4.98 Å². The molecule has 96 valence electrons. The average Bonchev–Trinajstić information content (AvgIpc) is 2.97. The summed E-state index contributed by atoms with van der Waals surface area (Å²) >= 11 is 0. The summed E-state index contributed by atoms with van der Waals surface area (Å²) in [5.41, 5.74) is 7.20. The van der Waals surface area contributed by atoms with Crippen LogP contribution in [0.15, 0.2) is 35.2 Å². The minimum atomic E-state index is -0.410. The SMILES string of the molecule is Cn1cncc1-c1noc(-c2ccc(F)cc2N)n1. The maximum Gasteiger partial charge on any atom is 0.260 e. The average molecular weight is 259 g/mol. The van der Waals surface area contributed by atoms with E-state index in [0.717, 1.165) is 5.69 Å². The maximum absolute atomic E-state index is 13.0. The van der Waals surface area contributed by atoms with Gasteiger partial charge in [0.25, 0.3) is 5.89 Å². The predicted molar refractivity (Wildman–Crippen MR) is 66.3 cm³/mol. The van der Waals surface area contributed by atoms with Gasteiger partial charge in [-0.1, -0.05) is 5.16 Å². The predicted octanol–water partition coefficient (Wildman–Crippen LogP) is 1.86. The maximum atomic E-state index is 13.0. The first-order valence-corrected chi connectivity index (χ1v) is 5.51. The zero-order valence-corrected chi connectivity index (χ0v) is 10.0. The van der Waals surface area contributed by atoms with E-state index in [1.165, 1.54) is 18.2 Å². The van der Waals surface area contributed by atoms with Crippen LogP contribution in [0.5, 0.6) is 0 Å². The molecule has 2 aromatic heterocycles. The molecule has 0 atom stereocenters. The van der Waals surface area contributed by atoms with E-state index in [1.54, 1.807) is 17.1 Å². The fourth-order valence-electron chi connectivity index (χ4n) is 1.74. The summed E-state index contributed by atoms with van der Waals surface area (Å²) in [6.07, 6.45) is 3.26. The number of anilines is 1. The fourth-order valence-corrected chi connectivity index (χ4v) is 1.74. The van der Waals surface area contributed by atoms with Gasteiger partial charge < -0.3 is 14.8 Å². The Bertz CT molecular complexity index is 733. The second-order valence-electron chi connectivity index (χ2n) is 4.04. The molecular weight excluding hydrogens is 249 g/mol. The Morgan fingerprint density at radius 2 is 2.21 bits per heavy atom. The number of nitrogen functional groups attached to an aromatic ring is 1. The summed E-state index contributed by atoms with van der Waals surface area (Å²) < 4.78 is 19.9. The van der Waals surface area contributed by atoms with Crippen LogP contribution in [0, 0.1) is 5.82 Å². The Labute approximate surface area is 107 Å². The summed E-state index contributed by atoms with van der Waals surface area (Å²) in [5.74, 6) is 0.236. The van der Waals surface area contributed by atoms with Crippen LogP contribution in [-0.4, -0.2) is 19.7 Å². The van der Waals surface area contributed by atoms with Crippen molar-refractivity contribution in [2.45, 2.75) is 0 Å². The number of aromatic nitrogens is 4. The van der Waals surface area contributed by atoms with Crippen LogP contribution in [0.1, 0.15) is 0 Å². The third kappa shape index (κ3) is 1.95. The summed E-state index contributed by atoms with van der Waals surface area (Å²) in [4.78, 5) is 8.21. The van der Waals surface area contributed by atoms with E-state index in [1.807, 2.05) is 7.05 Å². The van der Waals surface area contributed by atoms with Crippen molar-refractivity contribution in [3.8, 4) is 23.0 Å². The molecular formula is C12H10FN5O. The summed E-state index contributed by atoms with van der Waals surface area (Å²) in [6, 6.07) is 4.01. The number of hydrogen-bond acceptors (Lipinski definition) is 5. The smallest absolute Gasteiger partial charge is 0.260 e. The van der Waals surface area contributed by atoms with E-state index in [9.17, 15) is 4.39 Å². The van der Waals surface area contributed by atoms with Crippen LogP contribution < -0.4 is 5.73 Å². The summed E-state index contributed by atoms with van der Waals surface area (Å²) in [5, 5.41) is 3.86. The van der Waals surface area contributed by atoms with Gasteiger partial charge in [-0.15, -0.1) is 0 Å². The highest BCUT2D eigenvalue weighted by atomic mass is 19.1. The van der Waals surface area contributed by atoms with Crippen molar-refractivity contribution < 1.29 is 8.91 Å². The van der Waals surface area contributed by atoms with E-state index in [-0.39, 0.29) is 11.6 Å². The van der Waals surface area contributed by atoms with Crippen LogP contribution in [0.3, 0.4) is 0 Å². The lowest BCUT2D eigenvalue weighted by atomic mass is 10.2. The quantitative estimate of drug-likeness (QED) is 0.710. The molecule has 2 N–H and O–H groups in total. The Morgan fingerprint density at radius 1 is 1.37 bits per heavy atom. The number of halogens is 1. The van der Waals surface area contributed by atoms with Gasteiger partial charge in [0.15, 0.2) is 0 Å². The standard InChI is InChI=1S/C12H10FN5O/c1-18-6-15-5-10(18)11-16-12(19-17-11)8-3-2-7(13)4-9(8)14/h2-6H,14H2,1H3. The molecule has 0 saturated heterocycles. The molecule has 3 rings (SSSR count). The molecule has 0 aliphatic heterocycles. The van der Waals surface area contributed by atoms with E-state index in [4.69, 9.17) is 10.3 Å². The highest BCUT2D eigenvalue weighted by Gasteiger charge is 2.15. The zero-order valence-electron chi connectivity index (χ0n) is 10.0. The Hall–Kier alpha value is -2.70. The number of aryl methyl sites for hydroxylation is 1. The van der Waals surface area contributed by atoms with Crippen molar-refractivity contribution in [3.05, 3.63) is 36.5 Å². The Balaban J connectivity index is 2.04. The topological polar surface area (TPSA) is 82.8 Å². The molecule has 0 unspecified atom stereocenters. The fraction of sp³-hybridized carbons (Fsp3) is 0.0833. The van der Waals surface area contributed by atoms with E-state index in [2.05, 4.69) is 15.1 Å². The van der Waals surface area contributed by atoms with E-state index < -0.39 is 5.82 Å². The van der Waals surface area contributed by atoms with Crippen LogP contribution in [-0.2, 0) is 7.05 Å². The molecule has 0 radical (unpaired) electrons. The van der Waals surface area contributed by atoms with Gasteiger partial charge >= 0.3 is 0 Å². The lowest BCUT2D eigenvalue weighted by Gasteiger charge is -1.99. The molecule has 0 spiro atoms. The largest absolute Gasteiger partial charge is 0.398 e. The molecule has 0 bridgehead atoms. The van der Waals surface area contributed by atoms with E-state index >= 15 is 0 Å². The first-order valence-electron chi connectivity index (χ1n) is 5.51. The van der Waals surface area contributed by atoms with Crippen molar-refractivity contribution in [1.82, 2.24) is 19.7 Å². The van der Waals surface area contributed by atoms with Gasteiger partial charge in [-0.05, 0) is 18.2 Å². The van der Waals surface area contributed by atoms with Crippen molar-refractivity contribution in [2.24, 2.45) is 7.05 Å². The van der Waals surface area contributed by atoms with Gasteiger partial charge in [0.2, 0.25) is 5.82 Å². The first kappa shape index (κ1) is 11.4. The minimum Gasteiger partial charge on any atom is -0.398 e. The summed E-state index contributed by atoms with van der Waals surface area (Å²) in [7, 11) is 1.82. The third-order valence-electron chi connectivity index (χ3n) is 2.72. The van der Waals surface area contributed by atoms with Gasteiger partial charge in [-0.3, -0.25) is 0 Å². The molecule has 19 heavy (non-hydrogen) atoms. The summed E-state index contributed by atoms with van der Waals surface area (Å²) in [6.45, 7) is 0. The molecule has 0 fully saturated rings. The van der Waals surface area contributed by atoms with Crippen LogP contribution in [0.2, 0.25) is 0 Å². The Kier molecular flexibility index (Phi) is 2.52. The van der Waals surface area contributed by atoms with Gasteiger partial charge in [0, 0.05) is 12.7 Å². The monoisotopic (exact) mass is 259 g/mol. The lowest BCUT2D eigenvalue weighted by molar-refractivity contribution is 0.432. The van der Waals surface area contributed by atoms with Crippen LogP contribution in [0.4, 0.5) is 10.1 Å². The second-order valence-corrected chi connectivity index (χ2v) is 4.04. The van der Waals surface area contributed by atoms with Crippen molar-refractivity contribution in [2.75, 3.05) is 5.73 Å². The van der Waals surface area contributed by atoms with Crippen LogP contribution in [0.25, 0.3) is 23.0 Å². The highest BCUT2D eigenvalue weighted by Crippen LogP contribution is 2.26. The molecule has 7 heteroatoms. The van der Waals surface area contributed by atoms with Crippen molar-refractivity contribution in [3.63, 3.8) is 0 Å². The molecule has 0 saturated carbocycles. The molecule has 6 nitrogen and oxygen atoms in total. The van der Waals surface area contributed by atoms with E-state index in [0.29, 0.717) is 11.4 Å². The van der Waals surface area contributed by atoms with Gasteiger partial charge in [0.1, 0.15) is 11.5 Å². The van der Waals surface area contributed by atoms with Crippen LogP contribution >= 0.6 is 0 Å². The third-order valence-corrected chi connectivity index (χ3v) is 2.72. The minimum absolute atomic E-state index is 0.244. The molecule has 2 heterocycles. The number of nitrogens with zero attached hydrogens (tertiary/aromatic N) is 4. The zero-order chi connectivity index (χ0) is 13.4. The molecule has 0 amide bonds. The number of rotatable bonds is 2. The van der Waals surface area contributed by atoms with Gasteiger partial charge in [-0.25, -0.2) is 9.37 Å². The number of benzene rings is 1. The van der Waals surface area contributed by atoms with Crippen molar-refractivity contribution in [1.29, 1.82) is 0 Å². The number of nitrogens with two attached hydrogens (primary N) is 1. The molecule has 1 aromatic carbocycles. The van der Waals surface area contributed by atoms with Crippen molar-refractivity contribution >= 4 is 5.69 Å².